The molecule has 0 saturated carbocycles. The quantitative estimate of drug-likeness (QED) is 0.770. The fraction of sp³-hybridized carbons (Fsp3) is 0.0714. The van der Waals surface area contributed by atoms with Crippen molar-refractivity contribution in [2.45, 2.75) is 6.42 Å². The van der Waals surface area contributed by atoms with Crippen LogP contribution >= 0.6 is 23.2 Å². The van der Waals surface area contributed by atoms with Gasteiger partial charge in [-0.1, -0.05) is 41.4 Å². The summed E-state index contributed by atoms with van der Waals surface area (Å²) in [5.41, 5.74) is 1.63. The van der Waals surface area contributed by atoms with Crippen molar-refractivity contribution in [3.63, 3.8) is 0 Å². The third-order valence-electron chi connectivity index (χ3n) is 2.56. The molecular weight excluding hydrogens is 272 g/mol. The third-order valence-corrected chi connectivity index (χ3v) is 3.37. The zero-order valence-electron chi connectivity index (χ0n) is 9.25. The molecule has 0 aliphatic carbocycles. The van der Waals surface area contributed by atoms with Gasteiger partial charge in [-0.15, -0.1) is 0 Å². The van der Waals surface area contributed by atoms with Gasteiger partial charge in [-0.2, -0.15) is 5.26 Å². The summed E-state index contributed by atoms with van der Waals surface area (Å²) >= 11 is 12.0. The summed E-state index contributed by atoms with van der Waals surface area (Å²) in [7, 11) is 0. The van der Waals surface area contributed by atoms with Crippen LogP contribution in [-0.4, -0.2) is 0 Å². The summed E-state index contributed by atoms with van der Waals surface area (Å²) in [5.74, 6) is -0.388. The molecule has 0 bridgehead atoms. The van der Waals surface area contributed by atoms with E-state index in [9.17, 15) is 4.39 Å². The van der Waals surface area contributed by atoms with E-state index in [1.54, 1.807) is 30.3 Å². The Labute approximate surface area is 114 Å². The van der Waals surface area contributed by atoms with E-state index in [1.807, 2.05) is 6.07 Å². The molecule has 0 aliphatic rings. The van der Waals surface area contributed by atoms with Gasteiger partial charge >= 0.3 is 0 Å². The van der Waals surface area contributed by atoms with Crippen molar-refractivity contribution >= 4 is 23.2 Å². The lowest BCUT2D eigenvalue weighted by Gasteiger charge is -2.08. The molecule has 0 radical (unpaired) electrons. The molecular formula is C14H8Cl2FN. The van der Waals surface area contributed by atoms with Crippen LogP contribution in [0.15, 0.2) is 36.4 Å². The van der Waals surface area contributed by atoms with Crippen molar-refractivity contribution in [1.82, 2.24) is 0 Å². The summed E-state index contributed by atoms with van der Waals surface area (Å²) in [6.07, 6.45) is 0.228. The predicted octanol–water partition coefficient (Wildman–Crippen LogP) is 4.87. The maximum atomic E-state index is 13.8. The molecule has 18 heavy (non-hydrogen) atoms. The number of nitrogens with zero attached hydrogens (tertiary/aromatic N) is 1. The van der Waals surface area contributed by atoms with Crippen LogP contribution in [0.5, 0.6) is 0 Å². The van der Waals surface area contributed by atoms with Crippen LogP contribution in [0.25, 0.3) is 11.1 Å². The maximum absolute atomic E-state index is 13.8. The fourth-order valence-electron chi connectivity index (χ4n) is 1.69. The van der Waals surface area contributed by atoms with Crippen molar-refractivity contribution in [2.24, 2.45) is 0 Å². The van der Waals surface area contributed by atoms with Gasteiger partial charge in [-0.3, -0.25) is 0 Å². The molecule has 0 amide bonds. The molecule has 0 aromatic heterocycles. The molecule has 0 atom stereocenters. The van der Waals surface area contributed by atoms with Gasteiger partial charge in [0.15, 0.2) is 0 Å². The van der Waals surface area contributed by atoms with E-state index >= 15 is 0 Å². The molecule has 90 valence electrons. The Kier molecular flexibility index (Phi) is 3.86. The summed E-state index contributed by atoms with van der Waals surface area (Å²) < 4.78 is 13.8. The van der Waals surface area contributed by atoms with Gasteiger partial charge in [0.05, 0.1) is 22.5 Å². The van der Waals surface area contributed by atoms with Crippen LogP contribution < -0.4 is 0 Å². The van der Waals surface area contributed by atoms with Crippen LogP contribution in [0, 0.1) is 17.1 Å². The topological polar surface area (TPSA) is 23.8 Å². The first kappa shape index (κ1) is 12.9. The van der Waals surface area contributed by atoms with Gasteiger partial charge < -0.3 is 0 Å². The van der Waals surface area contributed by atoms with Crippen molar-refractivity contribution in [2.75, 3.05) is 0 Å². The van der Waals surface area contributed by atoms with Gasteiger partial charge in [-0.05, 0) is 23.8 Å². The predicted molar refractivity (Wildman–Crippen MR) is 71.2 cm³/mol. The molecule has 0 spiro atoms. The average molecular weight is 280 g/mol. The molecule has 0 saturated heterocycles. The molecule has 2 rings (SSSR count). The number of nitriles is 1. The van der Waals surface area contributed by atoms with Gasteiger partial charge in [0, 0.05) is 11.1 Å². The van der Waals surface area contributed by atoms with E-state index in [2.05, 4.69) is 0 Å². The Bertz CT molecular complexity index is 632. The van der Waals surface area contributed by atoms with Gasteiger partial charge in [-0.25, -0.2) is 4.39 Å². The molecule has 2 aromatic carbocycles. The monoisotopic (exact) mass is 279 g/mol. The third kappa shape index (κ3) is 2.48. The van der Waals surface area contributed by atoms with Crippen molar-refractivity contribution < 1.29 is 4.39 Å². The number of rotatable bonds is 2. The highest BCUT2D eigenvalue weighted by atomic mass is 35.5. The summed E-state index contributed by atoms with van der Waals surface area (Å²) in [5, 5.41) is 9.34. The van der Waals surface area contributed by atoms with E-state index < -0.39 is 0 Å². The number of hydrogen-bond acceptors (Lipinski definition) is 1. The van der Waals surface area contributed by atoms with Crippen molar-refractivity contribution in [1.29, 1.82) is 5.26 Å². The SMILES string of the molecule is N#CCc1ccc(F)c(-c2cccc(Cl)c2Cl)c1. The minimum atomic E-state index is -0.388. The molecule has 2 aromatic rings. The van der Waals surface area contributed by atoms with Crippen LogP contribution in [-0.2, 0) is 6.42 Å². The summed E-state index contributed by atoms with van der Waals surface area (Å²) in [4.78, 5) is 0. The van der Waals surface area contributed by atoms with E-state index in [0.29, 0.717) is 21.2 Å². The van der Waals surface area contributed by atoms with Gasteiger partial charge in [0.2, 0.25) is 0 Å². The first-order valence-corrected chi connectivity index (χ1v) is 5.99. The molecule has 0 N–H and O–H groups in total. The number of halogens is 3. The zero-order chi connectivity index (χ0) is 13.1. The molecule has 4 heteroatoms. The number of hydrogen-bond donors (Lipinski definition) is 0. The van der Waals surface area contributed by atoms with Gasteiger partial charge in [0.25, 0.3) is 0 Å². The highest BCUT2D eigenvalue weighted by molar-refractivity contribution is 6.43. The first-order valence-electron chi connectivity index (χ1n) is 5.23. The average Bonchev–Trinajstić information content (AvgIpc) is 2.36. The maximum Gasteiger partial charge on any atom is 0.131 e. The van der Waals surface area contributed by atoms with Crippen LogP contribution in [0.4, 0.5) is 4.39 Å². The molecule has 0 heterocycles. The lowest BCUT2D eigenvalue weighted by Crippen LogP contribution is -1.90. The van der Waals surface area contributed by atoms with Crippen molar-refractivity contribution in [3.8, 4) is 17.2 Å². The normalized spacial score (nSPS) is 10.1. The second kappa shape index (κ2) is 5.39. The first-order chi connectivity index (χ1) is 8.63. The smallest absolute Gasteiger partial charge is 0.131 e. The highest BCUT2D eigenvalue weighted by Gasteiger charge is 2.11. The Hall–Kier alpha value is -1.56. The minimum absolute atomic E-state index is 0.228. The van der Waals surface area contributed by atoms with Crippen LogP contribution in [0.3, 0.4) is 0 Å². The van der Waals surface area contributed by atoms with Crippen LogP contribution in [0.2, 0.25) is 10.0 Å². The Morgan fingerprint density at radius 1 is 1.11 bits per heavy atom. The lowest BCUT2D eigenvalue weighted by atomic mass is 10.0. The standard InChI is InChI=1S/C14H8Cl2FN/c15-12-3-1-2-10(14(12)16)11-8-9(6-7-18)4-5-13(11)17/h1-5,8H,6H2. The second-order valence-electron chi connectivity index (χ2n) is 3.75. The van der Waals surface area contributed by atoms with Gasteiger partial charge in [0.1, 0.15) is 5.82 Å². The summed E-state index contributed by atoms with van der Waals surface area (Å²) in [6.45, 7) is 0. The molecule has 0 fully saturated rings. The highest BCUT2D eigenvalue weighted by Crippen LogP contribution is 2.35. The molecule has 1 nitrogen and oxygen atoms in total. The zero-order valence-corrected chi connectivity index (χ0v) is 10.8. The number of benzene rings is 2. The van der Waals surface area contributed by atoms with E-state index in [1.165, 1.54) is 6.07 Å². The Balaban J connectivity index is 2.60. The lowest BCUT2D eigenvalue weighted by molar-refractivity contribution is 0.631. The van der Waals surface area contributed by atoms with E-state index in [4.69, 9.17) is 28.5 Å². The summed E-state index contributed by atoms with van der Waals surface area (Å²) in [6, 6.07) is 11.6. The van der Waals surface area contributed by atoms with Crippen molar-refractivity contribution in [3.05, 3.63) is 57.8 Å². The van der Waals surface area contributed by atoms with Crippen LogP contribution in [0.1, 0.15) is 5.56 Å². The Morgan fingerprint density at radius 2 is 1.89 bits per heavy atom. The van der Waals surface area contributed by atoms with E-state index in [0.717, 1.165) is 5.56 Å². The second-order valence-corrected chi connectivity index (χ2v) is 4.54. The Morgan fingerprint density at radius 3 is 2.61 bits per heavy atom. The minimum Gasteiger partial charge on any atom is -0.206 e. The molecule has 0 aliphatic heterocycles. The fourth-order valence-corrected chi connectivity index (χ4v) is 2.09. The molecule has 0 unspecified atom stereocenters. The largest absolute Gasteiger partial charge is 0.206 e. The van der Waals surface area contributed by atoms with E-state index in [-0.39, 0.29) is 12.2 Å².